The highest BCUT2D eigenvalue weighted by Crippen LogP contribution is 2.13. The summed E-state index contributed by atoms with van der Waals surface area (Å²) in [5.74, 6) is 1.32. The van der Waals surface area contributed by atoms with E-state index in [1.165, 1.54) is 0 Å². The van der Waals surface area contributed by atoms with Crippen molar-refractivity contribution in [3.63, 3.8) is 0 Å². The van der Waals surface area contributed by atoms with Gasteiger partial charge in [-0.2, -0.15) is 5.10 Å². The third-order valence-corrected chi connectivity index (χ3v) is 2.91. The van der Waals surface area contributed by atoms with Gasteiger partial charge in [0.1, 0.15) is 0 Å². The van der Waals surface area contributed by atoms with Crippen molar-refractivity contribution in [3.05, 3.63) is 17.8 Å². The van der Waals surface area contributed by atoms with Crippen LogP contribution in [0, 0.1) is 0 Å². The molecule has 0 radical (unpaired) electrons. The molecule has 1 atom stereocenters. The zero-order valence-corrected chi connectivity index (χ0v) is 11.8. The number of likely N-dealkylation sites (N-methyl/N-ethyl adjacent to an activating group) is 2. The Kier molecular flexibility index (Phi) is 5.65. The molecule has 0 bridgehead atoms. The summed E-state index contributed by atoms with van der Waals surface area (Å²) in [4.78, 5) is 4.42. The van der Waals surface area contributed by atoms with Gasteiger partial charge in [-0.25, -0.2) is 0 Å². The molecule has 0 spiro atoms. The number of alkyl halides is 1. The topological polar surface area (TPSA) is 32.3 Å². The third kappa shape index (κ3) is 4.13. The molecule has 0 N–H and O–H groups in total. The number of nitrogens with zero attached hydrogens (tertiary/aromatic N) is 4. The van der Waals surface area contributed by atoms with Crippen molar-refractivity contribution in [1.82, 2.24) is 15.1 Å². The van der Waals surface area contributed by atoms with Gasteiger partial charge in [-0.3, -0.25) is 0 Å². The summed E-state index contributed by atoms with van der Waals surface area (Å²) in [6, 6.07) is 4.33. The van der Waals surface area contributed by atoms with Crippen molar-refractivity contribution in [3.8, 4) is 0 Å². The van der Waals surface area contributed by atoms with Gasteiger partial charge in [0.05, 0.1) is 11.6 Å². The summed E-state index contributed by atoms with van der Waals surface area (Å²) in [6.07, 6.45) is 0. The molecule has 4 nitrogen and oxygen atoms in total. The molecule has 5 heteroatoms. The fourth-order valence-electron chi connectivity index (χ4n) is 1.90. The zero-order valence-electron chi connectivity index (χ0n) is 11.0. The van der Waals surface area contributed by atoms with Crippen LogP contribution in [0.4, 0.5) is 5.82 Å². The van der Waals surface area contributed by atoms with Gasteiger partial charge in [0, 0.05) is 19.1 Å². The lowest BCUT2D eigenvalue weighted by Gasteiger charge is -2.30. The van der Waals surface area contributed by atoms with E-state index in [0.717, 1.165) is 24.6 Å². The Labute approximate surface area is 109 Å². The van der Waals surface area contributed by atoms with Crippen LogP contribution in [0.1, 0.15) is 19.5 Å². The molecule has 0 amide bonds. The molecule has 0 aliphatic heterocycles. The molecule has 0 aliphatic carbocycles. The van der Waals surface area contributed by atoms with Crippen molar-refractivity contribution in [1.29, 1.82) is 0 Å². The summed E-state index contributed by atoms with van der Waals surface area (Å²) < 4.78 is 0. The zero-order chi connectivity index (χ0) is 12.8. The van der Waals surface area contributed by atoms with Crippen LogP contribution in [0.3, 0.4) is 0 Å². The first kappa shape index (κ1) is 14.2. The maximum atomic E-state index is 5.70. The third-order valence-electron chi connectivity index (χ3n) is 2.64. The lowest BCUT2D eigenvalue weighted by molar-refractivity contribution is 0.372. The number of hydrogen-bond acceptors (Lipinski definition) is 4. The van der Waals surface area contributed by atoms with Gasteiger partial charge in [-0.1, -0.05) is 0 Å². The summed E-state index contributed by atoms with van der Waals surface area (Å²) in [5.41, 5.74) is 0.812. The number of hydrogen-bond donors (Lipinski definition) is 0. The Morgan fingerprint density at radius 3 is 2.41 bits per heavy atom. The van der Waals surface area contributed by atoms with Gasteiger partial charge in [0.25, 0.3) is 0 Å². The molecule has 0 aromatic carbocycles. The van der Waals surface area contributed by atoms with E-state index in [4.69, 9.17) is 11.6 Å². The normalized spacial score (nSPS) is 12.8. The van der Waals surface area contributed by atoms with Crippen molar-refractivity contribution in [2.45, 2.75) is 25.8 Å². The van der Waals surface area contributed by atoms with E-state index in [1.54, 1.807) is 0 Å². The summed E-state index contributed by atoms with van der Waals surface area (Å²) >= 11 is 5.70. The van der Waals surface area contributed by atoms with E-state index >= 15 is 0 Å². The minimum Gasteiger partial charge on any atom is -0.351 e. The van der Waals surface area contributed by atoms with Gasteiger partial charge in [-0.05, 0) is 40.1 Å². The Morgan fingerprint density at radius 1 is 1.29 bits per heavy atom. The van der Waals surface area contributed by atoms with Crippen molar-refractivity contribution in [2.24, 2.45) is 0 Å². The highest BCUT2D eigenvalue weighted by molar-refractivity contribution is 6.16. The first-order chi connectivity index (χ1) is 8.08. The maximum Gasteiger partial charge on any atom is 0.151 e. The number of anilines is 1. The smallest absolute Gasteiger partial charge is 0.151 e. The predicted molar refractivity (Wildman–Crippen MR) is 72.6 cm³/mol. The minimum atomic E-state index is 0.408. The van der Waals surface area contributed by atoms with Crippen molar-refractivity contribution in [2.75, 3.05) is 32.1 Å². The molecular weight excluding hydrogens is 236 g/mol. The van der Waals surface area contributed by atoms with Crippen LogP contribution in [-0.4, -0.2) is 48.3 Å². The van der Waals surface area contributed by atoms with E-state index < -0.39 is 0 Å². The first-order valence-electron chi connectivity index (χ1n) is 5.88. The molecular formula is C12H21ClN4. The molecule has 1 aromatic rings. The molecule has 0 saturated carbocycles. The van der Waals surface area contributed by atoms with Crippen LogP contribution < -0.4 is 4.90 Å². The molecule has 1 aromatic heterocycles. The molecule has 96 valence electrons. The monoisotopic (exact) mass is 256 g/mol. The SMILES string of the molecule is CCN(c1ccc(CCl)nn1)C(C)CN(C)C. The Morgan fingerprint density at radius 2 is 2.00 bits per heavy atom. The van der Waals surface area contributed by atoms with E-state index in [0.29, 0.717) is 11.9 Å². The molecule has 1 unspecified atom stereocenters. The van der Waals surface area contributed by atoms with Gasteiger partial charge in [0.2, 0.25) is 0 Å². The lowest BCUT2D eigenvalue weighted by Crippen LogP contribution is -2.40. The Balaban J connectivity index is 2.77. The fraction of sp³-hybridized carbons (Fsp3) is 0.667. The molecule has 17 heavy (non-hydrogen) atoms. The first-order valence-corrected chi connectivity index (χ1v) is 6.41. The Bertz CT molecular complexity index is 326. The summed E-state index contributed by atoms with van der Waals surface area (Å²) in [7, 11) is 4.15. The van der Waals surface area contributed by atoms with Gasteiger partial charge in [0.15, 0.2) is 5.82 Å². The van der Waals surface area contributed by atoms with E-state index in [9.17, 15) is 0 Å². The average Bonchev–Trinajstić information content (AvgIpc) is 2.30. The minimum absolute atomic E-state index is 0.408. The van der Waals surface area contributed by atoms with Crippen LogP contribution in [0.25, 0.3) is 0 Å². The van der Waals surface area contributed by atoms with Crippen LogP contribution in [0.5, 0.6) is 0 Å². The van der Waals surface area contributed by atoms with E-state index in [2.05, 4.69) is 47.9 Å². The second-order valence-corrected chi connectivity index (χ2v) is 4.68. The van der Waals surface area contributed by atoms with Crippen molar-refractivity contribution >= 4 is 17.4 Å². The maximum absolute atomic E-state index is 5.70. The van der Waals surface area contributed by atoms with Crippen LogP contribution in [-0.2, 0) is 5.88 Å². The molecule has 0 aliphatic rings. The number of rotatable bonds is 6. The second-order valence-electron chi connectivity index (χ2n) is 4.41. The van der Waals surface area contributed by atoms with Gasteiger partial charge in [-0.15, -0.1) is 16.7 Å². The number of aromatic nitrogens is 2. The average molecular weight is 257 g/mol. The second kappa shape index (κ2) is 6.77. The van der Waals surface area contributed by atoms with E-state index in [1.807, 2.05) is 12.1 Å². The van der Waals surface area contributed by atoms with Crippen molar-refractivity contribution < 1.29 is 0 Å². The summed E-state index contributed by atoms with van der Waals surface area (Å²) in [6.45, 7) is 6.24. The lowest BCUT2D eigenvalue weighted by atomic mass is 10.2. The molecule has 0 saturated heterocycles. The molecule has 1 heterocycles. The quantitative estimate of drug-likeness (QED) is 0.729. The highest BCUT2D eigenvalue weighted by Gasteiger charge is 2.15. The predicted octanol–water partition coefficient (Wildman–Crippen LogP) is 1.99. The molecule has 0 fully saturated rings. The van der Waals surface area contributed by atoms with Crippen LogP contribution >= 0.6 is 11.6 Å². The number of halogens is 1. The standard InChI is InChI=1S/C12H21ClN4/c1-5-17(10(2)9-16(3)4)12-7-6-11(8-13)14-15-12/h6-7,10H,5,8-9H2,1-4H3. The van der Waals surface area contributed by atoms with E-state index in [-0.39, 0.29) is 0 Å². The van der Waals surface area contributed by atoms with Gasteiger partial charge >= 0.3 is 0 Å². The van der Waals surface area contributed by atoms with Crippen LogP contribution in [0.15, 0.2) is 12.1 Å². The highest BCUT2D eigenvalue weighted by atomic mass is 35.5. The fourth-order valence-corrected chi connectivity index (χ4v) is 2.05. The Hall–Kier alpha value is -0.870. The van der Waals surface area contributed by atoms with Gasteiger partial charge < -0.3 is 9.80 Å². The molecule has 1 rings (SSSR count). The van der Waals surface area contributed by atoms with Crippen LogP contribution in [0.2, 0.25) is 0 Å². The summed E-state index contributed by atoms with van der Waals surface area (Å²) in [5, 5.41) is 8.31. The largest absolute Gasteiger partial charge is 0.351 e.